The lowest BCUT2D eigenvalue weighted by atomic mass is 9.89. The van der Waals surface area contributed by atoms with E-state index in [-0.39, 0.29) is 11.7 Å². The van der Waals surface area contributed by atoms with Gasteiger partial charge in [0.15, 0.2) is 5.83 Å². The Morgan fingerprint density at radius 3 is 2.58 bits per heavy atom. The summed E-state index contributed by atoms with van der Waals surface area (Å²) in [5.41, 5.74) is 9.29. The standard InChI is InChI=1S/C29H42F2/c1-6-10-25(12-9-11-21(4)15-23(7-2)17-26-13-14-26)18-27-28(20-30)22(5)16-24(8-3)19-29(27)31/h10-12,21-23,26H,6-8,13-18,20H2,1-5H3/t9?,21-,22-,23?/m1/s1. The Morgan fingerprint density at radius 1 is 1.26 bits per heavy atom. The van der Waals surface area contributed by atoms with Crippen molar-refractivity contribution in [2.75, 3.05) is 6.67 Å². The predicted molar refractivity (Wildman–Crippen MR) is 129 cm³/mol. The molecule has 2 aliphatic rings. The van der Waals surface area contributed by atoms with Crippen LogP contribution in [0.2, 0.25) is 0 Å². The SMILES string of the molecule is CCC=C(C=C=C[C@@H](C)CC(CC)CC1CC1)CC1=C(CF)[C@H](C)CC(CC)=C=C1F. The van der Waals surface area contributed by atoms with Crippen molar-refractivity contribution in [3.8, 4) is 0 Å². The van der Waals surface area contributed by atoms with Gasteiger partial charge in [-0.3, -0.25) is 0 Å². The molecule has 0 bridgehead atoms. The molecule has 0 N–H and O–H groups in total. The molecule has 0 aromatic carbocycles. The Kier molecular flexibility index (Phi) is 10.8. The van der Waals surface area contributed by atoms with Gasteiger partial charge in [-0.05, 0) is 84.6 Å². The highest BCUT2D eigenvalue weighted by molar-refractivity contribution is 5.41. The molecule has 0 heterocycles. The van der Waals surface area contributed by atoms with Crippen LogP contribution in [0.5, 0.6) is 0 Å². The van der Waals surface area contributed by atoms with Crippen LogP contribution < -0.4 is 0 Å². The van der Waals surface area contributed by atoms with Crippen molar-refractivity contribution in [3.63, 3.8) is 0 Å². The second kappa shape index (κ2) is 13.0. The summed E-state index contributed by atoms with van der Waals surface area (Å²) in [7, 11) is 0. The lowest BCUT2D eigenvalue weighted by Crippen LogP contribution is -2.06. The van der Waals surface area contributed by atoms with E-state index in [1.165, 1.54) is 32.1 Å². The molecule has 3 atom stereocenters. The van der Waals surface area contributed by atoms with Gasteiger partial charge >= 0.3 is 0 Å². The summed E-state index contributed by atoms with van der Waals surface area (Å²) in [5.74, 6) is 1.88. The van der Waals surface area contributed by atoms with Crippen LogP contribution in [0.3, 0.4) is 0 Å². The van der Waals surface area contributed by atoms with Gasteiger partial charge < -0.3 is 0 Å². The van der Waals surface area contributed by atoms with Crippen molar-refractivity contribution < 1.29 is 8.78 Å². The Bertz CT molecular complexity index is 778. The molecule has 2 heteroatoms. The molecule has 0 aromatic heterocycles. The Morgan fingerprint density at radius 2 is 2.00 bits per heavy atom. The first kappa shape index (κ1) is 25.6. The van der Waals surface area contributed by atoms with Crippen molar-refractivity contribution in [2.24, 2.45) is 23.7 Å². The topological polar surface area (TPSA) is 0 Å². The first-order chi connectivity index (χ1) is 14.9. The molecule has 31 heavy (non-hydrogen) atoms. The maximum atomic E-state index is 15.0. The summed E-state index contributed by atoms with van der Waals surface area (Å²) in [6.45, 7) is 10.0. The van der Waals surface area contributed by atoms with Gasteiger partial charge in [0, 0.05) is 12.0 Å². The number of rotatable bonds is 12. The summed E-state index contributed by atoms with van der Waals surface area (Å²) in [6.07, 6.45) is 15.6. The smallest absolute Gasteiger partial charge is 0.168 e. The average Bonchev–Trinajstić information content (AvgIpc) is 3.56. The third-order valence-corrected chi connectivity index (χ3v) is 6.80. The van der Waals surface area contributed by atoms with E-state index >= 15 is 0 Å². The summed E-state index contributed by atoms with van der Waals surface area (Å²) < 4.78 is 28.9. The summed E-state index contributed by atoms with van der Waals surface area (Å²) >= 11 is 0. The van der Waals surface area contributed by atoms with Crippen molar-refractivity contribution in [3.05, 3.63) is 57.8 Å². The molecule has 0 aliphatic heterocycles. The summed E-state index contributed by atoms with van der Waals surface area (Å²) in [5, 5.41) is 0. The van der Waals surface area contributed by atoms with Crippen LogP contribution in [0.4, 0.5) is 8.78 Å². The van der Waals surface area contributed by atoms with Gasteiger partial charge in [-0.2, -0.15) is 4.39 Å². The molecular formula is C29H42F2. The van der Waals surface area contributed by atoms with Crippen LogP contribution in [0.15, 0.2) is 57.8 Å². The van der Waals surface area contributed by atoms with E-state index in [1.807, 2.05) is 19.9 Å². The lowest BCUT2D eigenvalue weighted by Gasteiger charge is -2.17. The van der Waals surface area contributed by atoms with Crippen molar-refractivity contribution >= 4 is 0 Å². The highest BCUT2D eigenvalue weighted by atomic mass is 19.1. The fourth-order valence-electron chi connectivity index (χ4n) is 4.67. The molecule has 0 nitrogen and oxygen atoms in total. The maximum absolute atomic E-state index is 15.0. The molecule has 0 aromatic rings. The number of alkyl halides is 1. The van der Waals surface area contributed by atoms with E-state index in [2.05, 4.69) is 44.4 Å². The number of hydrogen-bond acceptors (Lipinski definition) is 0. The van der Waals surface area contributed by atoms with E-state index in [0.29, 0.717) is 29.9 Å². The number of halogens is 2. The van der Waals surface area contributed by atoms with Crippen molar-refractivity contribution in [1.29, 1.82) is 0 Å². The number of allylic oxidation sites excluding steroid dienone is 6. The largest absolute Gasteiger partial charge is 0.246 e. The number of hydrogen-bond donors (Lipinski definition) is 0. The van der Waals surface area contributed by atoms with Crippen molar-refractivity contribution in [1.82, 2.24) is 0 Å². The first-order valence-corrected chi connectivity index (χ1v) is 12.5. The Balaban J connectivity index is 2.16. The lowest BCUT2D eigenvalue weighted by molar-refractivity contribution is 0.376. The van der Waals surface area contributed by atoms with Crippen LogP contribution in [0.1, 0.15) is 92.4 Å². The van der Waals surface area contributed by atoms with Gasteiger partial charge in [-0.15, -0.1) is 5.73 Å². The average molecular weight is 429 g/mol. The molecule has 0 amide bonds. The third kappa shape index (κ3) is 8.44. The zero-order valence-corrected chi connectivity index (χ0v) is 20.4. The van der Waals surface area contributed by atoms with Gasteiger partial charge in [0.25, 0.3) is 0 Å². The predicted octanol–water partition coefficient (Wildman–Crippen LogP) is 9.37. The minimum Gasteiger partial charge on any atom is -0.246 e. The summed E-state index contributed by atoms with van der Waals surface area (Å²) in [4.78, 5) is 0. The van der Waals surface area contributed by atoms with Gasteiger partial charge in [0.1, 0.15) is 6.67 Å². The Labute approximate surface area is 189 Å². The molecule has 2 rings (SSSR count). The second-order valence-electron chi connectivity index (χ2n) is 9.65. The highest BCUT2D eigenvalue weighted by Gasteiger charge is 2.25. The van der Waals surface area contributed by atoms with E-state index in [0.717, 1.165) is 35.8 Å². The second-order valence-corrected chi connectivity index (χ2v) is 9.65. The highest BCUT2D eigenvalue weighted by Crippen LogP contribution is 2.38. The molecule has 0 spiro atoms. The molecule has 0 radical (unpaired) electrons. The molecule has 2 aliphatic carbocycles. The fraction of sp³-hybridized carbons (Fsp3) is 0.655. The third-order valence-electron chi connectivity index (χ3n) is 6.80. The molecule has 1 unspecified atom stereocenters. The maximum Gasteiger partial charge on any atom is 0.168 e. The van der Waals surface area contributed by atoms with Gasteiger partial charge in [-0.25, -0.2) is 4.39 Å². The van der Waals surface area contributed by atoms with E-state index in [9.17, 15) is 8.78 Å². The van der Waals surface area contributed by atoms with E-state index < -0.39 is 6.67 Å². The fourth-order valence-corrected chi connectivity index (χ4v) is 4.67. The van der Waals surface area contributed by atoms with Crippen LogP contribution in [-0.2, 0) is 0 Å². The monoisotopic (exact) mass is 428 g/mol. The molecule has 1 fully saturated rings. The van der Waals surface area contributed by atoms with Crippen LogP contribution in [-0.4, -0.2) is 6.67 Å². The quantitative estimate of drug-likeness (QED) is 0.214. The van der Waals surface area contributed by atoms with Crippen LogP contribution >= 0.6 is 0 Å². The minimum atomic E-state index is -0.599. The van der Waals surface area contributed by atoms with Crippen LogP contribution in [0, 0.1) is 23.7 Å². The minimum absolute atomic E-state index is 0.00978. The van der Waals surface area contributed by atoms with Gasteiger partial charge in [0.2, 0.25) is 0 Å². The summed E-state index contributed by atoms with van der Waals surface area (Å²) in [6, 6.07) is 0. The normalized spacial score (nSPS) is 21.6. The molecule has 0 saturated heterocycles. The van der Waals surface area contributed by atoms with E-state index in [4.69, 9.17) is 0 Å². The zero-order chi connectivity index (χ0) is 22.8. The zero-order valence-electron chi connectivity index (χ0n) is 20.4. The van der Waals surface area contributed by atoms with Gasteiger partial charge in [-0.1, -0.05) is 65.7 Å². The Hall–Kier alpha value is -1.62. The van der Waals surface area contributed by atoms with Crippen LogP contribution in [0.25, 0.3) is 0 Å². The first-order valence-electron chi connectivity index (χ1n) is 12.5. The molecule has 1 saturated carbocycles. The van der Waals surface area contributed by atoms with Crippen molar-refractivity contribution in [2.45, 2.75) is 92.4 Å². The van der Waals surface area contributed by atoms with E-state index in [1.54, 1.807) is 0 Å². The molecule has 172 valence electrons. The molecular weight excluding hydrogens is 386 g/mol. The van der Waals surface area contributed by atoms with Gasteiger partial charge in [0.05, 0.1) is 0 Å².